The molecule has 0 fully saturated rings. The minimum atomic E-state index is -1.17. The number of nitrogen functional groups attached to an aromatic ring is 1. The van der Waals surface area contributed by atoms with Crippen molar-refractivity contribution in [2.24, 2.45) is 5.41 Å². The Balaban J connectivity index is 2.62. The fourth-order valence-corrected chi connectivity index (χ4v) is 2.16. The number of aromatic carboxylic acids is 1. The van der Waals surface area contributed by atoms with Crippen molar-refractivity contribution in [3.8, 4) is 5.75 Å². The Morgan fingerprint density at radius 3 is 2.55 bits per heavy atom. The van der Waals surface area contributed by atoms with Crippen LogP contribution in [0.1, 0.15) is 31.1 Å². The van der Waals surface area contributed by atoms with Gasteiger partial charge in [-0.15, -0.1) is 0 Å². The number of fused-ring (bicyclic) bond motifs is 1. The predicted octanol–water partition coefficient (Wildman–Crippen LogP) is 1.74. The average molecular weight is 278 g/mol. The first-order valence-corrected chi connectivity index (χ1v) is 6.34. The first-order valence-electron chi connectivity index (χ1n) is 6.34. The van der Waals surface area contributed by atoms with Gasteiger partial charge < -0.3 is 20.5 Å². The van der Waals surface area contributed by atoms with E-state index in [1.165, 1.54) is 11.0 Å². The van der Waals surface area contributed by atoms with Gasteiger partial charge in [0.25, 0.3) is 0 Å². The highest BCUT2D eigenvalue weighted by atomic mass is 16.5. The van der Waals surface area contributed by atoms with Crippen LogP contribution < -0.4 is 15.4 Å². The molecule has 1 aromatic rings. The topological polar surface area (TPSA) is 92.9 Å². The standard InChI is InChI=1S/C14H18N2O4/c1-14(2,3)13(19)16-6-7-20-9-5-4-8(15)10(11(9)16)12(17)18/h4-5H,6-7,15H2,1-3H3,(H,17,18). The summed E-state index contributed by atoms with van der Waals surface area (Å²) in [5, 5.41) is 9.35. The molecular formula is C14H18N2O4. The molecule has 1 heterocycles. The lowest BCUT2D eigenvalue weighted by molar-refractivity contribution is -0.126. The zero-order chi connectivity index (χ0) is 15.1. The maximum Gasteiger partial charge on any atom is 0.340 e. The number of amides is 1. The molecule has 6 heteroatoms. The summed E-state index contributed by atoms with van der Waals surface area (Å²) in [7, 11) is 0. The summed E-state index contributed by atoms with van der Waals surface area (Å²) in [6, 6.07) is 3.08. The van der Waals surface area contributed by atoms with Crippen LogP contribution in [-0.4, -0.2) is 30.1 Å². The van der Waals surface area contributed by atoms with E-state index >= 15 is 0 Å². The Kier molecular flexibility index (Phi) is 3.33. The second-order valence-electron chi connectivity index (χ2n) is 5.74. The molecule has 1 amide bonds. The molecule has 6 nitrogen and oxygen atoms in total. The lowest BCUT2D eigenvalue weighted by Gasteiger charge is -2.35. The summed E-state index contributed by atoms with van der Waals surface area (Å²) < 4.78 is 5.45. The molecule has 1 aliphatic heterocycles. The summed E-state index contributed by atoms with van der Waals surface area (Å²) in [4.78, 5) is 25.4. The van der Waals surface area contributed by atoms with Crippen molar-refractivity contribution in [1.29, 1.82) is 0 Å². The third-order valence-electron chi connectivity index (χ3n) is 3.12. The third kappa shape index (κ3) is 2.29. The second kappa shape index (κ2) is 4.70. The van der Waals surface area contributed by atoms with Gasteiger partial charge in [0, 0.05) is 11.1 Å². The minimum Gasteiger partial charge on any atom is -0.490 e. The molecular weight excluding hydrogens is 260 g/mol. The lowest BCUT2D eigenvalue weighted by atomic mass is 9.93. The van der Waals surface area contributed by atoms with Crippen molar-refractivity contribution in [1.82, 2.24) is 0 Å². The fraction of sp³-hybridized carbons (Fsp3) is 0.429. The number of hydrogen-bond acceptors (Lipinski definition) is 4. The molecule has 1 aliphatic rings. The van der Waals surface area contributed by atoms with E-state index in [0.29, 0.717) is 18.9 Å². The fourth-order valence-electron chi connectivity index (χ4n) is 2.16. The zero-order valence-corrected chi connectivity index (χ0v) is 11.8. The van der Waals surface area contributed by atoms with Gasteiger partial charge in [-0.05, 0) is 12.1 Å². The highest BCUT2D eigenvalue weighted by molar-refractivity contribution is 6.08. The van der Waals surface area contributed by atoms with Crippen LogP contribution in [0, 0.1) is 5.41 Å². The van der Waals surface area contributed by atoms with Crippen LogP contribution in [0.3, 0.4) is 0 Å². The van der Waals surface area contributed by atoms with Crippen molar-refractivity contribution in [3.63, 3.8) is 0 Å². The number of carbonyl (C=O) groups excluding carboxylic acids is 1. The Labute approximate surface area is 117 Å². The predicted molar refractivity (Wildman–Crippen MR) is 75.1 cm³/mol. The highest BCUT2D eigenvalue weighted by Gasteiger charge is 2.35. The molecule has 0 unspecified atom stereocenters. The van der Waals surface area contributed by atoms with Crippen molar-refractivity contribution >= 4 is 23.3 Å². The molecule has 0 saturated heterocycles. The van der Waals surface area contributed by atoms with Crippen LogP contribution in [0.5, 0.6) is 5.75 Å². The molecule has 20 heavy (non-hydrogen) atoms. The number of hydrogen-bond donors (Lipinski definition) is 2. The molecule has 2 rings (SSSR count). The molecule has 0 bridgehead atoms. The number of nitrogens with zero attached hydrogens (tertiary/aromatic N) is 1. The SMILES string of the molecule is CC(C)(C)C(=O)N1CCOc2ccc(N)c(C(=O)O)c21. The minimum absolute atomic E-state index is 0.0835. The highest BCUT2D eigenvalue weighted by Crippen LogP contribution is 2.39. The largest absolute Gasteiger partial charge is 0.490 e. The van der Waals surface area contributed by atoms with Gasteiger partial charge in [0.1, 0.15) is 23.6 Å². The Morgan fingerprint density at radius 1 is 1.35 bits per heavy atom. The van der Waals surface area contributed by atoms with Gasteiger partial charge in [-0.3, -0.25) is 4.79 Å². The normalized spacial score (nSPS) is 14.4. The molecule has 0 aliphatic carbocycles. The molecule has 0 spiro atoms. The zero-order valence-electron chi connectivity index (χ0n) is 11.8. The molecule has 3 N–H and O–H groups in total. The van der Waals surface area contributed by atoms with E-state index in [1.54, 1.807) is 26.8 Å². The molecule has 0 saturated carbocycles. The Hall–Kier alpha value is -2.24. The summed E-state index contributed by atoms with van der Waals surface area (Å²) in [5.74, 6) is -0.952. The second-order valence-corrected chi connectivity index (χ2v) is 5.74. The van der Waals surface area contributed by atoms with E-state index in [9.17, 15) is 14.7 Å². The van der Waals surface area contributed by atoms with Gasteiger partial charge in [0.2, 0.25) is 5.91 Å². The van der Waals surface area contributed by atoms with Crippen LogP contribution in [0.25, 0.3) is 0 Å². The number of benzene rings is 1. The summed E-state index contributed by atoms with van der Waals surface area (Å²) in [6.45, 7) is 6.01. The van der Waals surface area contributed by atoms with E-state index in [2.05, 4.69) is 0 Å². The van der Waals surface area contributed by atoms with Crippen LogP contribution in [-0.2, 0) is 4.79 Å². The number of ether oxygens (including phenoxy) is 1. The smallest absolute Gasteiger partial charge is 0.340 e. The van der Waals surface area contributed by atoms with E-state index in [4.69, 9.17) is 10.5 Å². The number of rotatable bonds is 1. The number of carbonyl (C=O) groups is 2. The van der Waals surface area contributed by atoms with Crippen LogP contribution in [0.4, 0.5) is 11.4 Å². The quantitative estimate of drug-likeness (QED) is 0.763. The monoisotopic (exact) mass is 278 g/mol. The average Bonchev–Trinajstić information content (AvgIpc) is 2.35. The van der Waals surface area contributed by atoms with Crippen molar-refractivity contribution in [3.05, 3.63) is 17.7 Å². The van der Waals surface area contributed by atoms with Gasteiger partial charge in [0.05, 0.1) is 6.54 Å². The van der Waals surface area contributed by atoms with Gasteiger partial charge in [-0.1, -0.05) is 20.8 Å². The molecule has 0 atom stereocenters. The summed E-state index contributed by atoms with van der Waals surface area (Å²) >= 11 is 0. The first kappa shape index (κ1) is 14.2. The van der Waals surface area contributed by atoms with E-state index in [0.717, 1.165) is 0 Å². The third-order valence-corrected chi connectivity index (χ3v) is 3.12. The van der Waals surface area contributed by atoms with Crippen LogP contribution in [0.15, 0.2) is 12.1 Å². The summed E-state index contributed by atoms with van der Waals surface area (Å²) in [5.41, 5.74) is 5.42. The van der Waals surface area contributed by atoms with Gasteiger partial charge >= 0.3 is 5.97 Å². The van der Waals surface area contributed by atoms with E-state index in [-0.39, 0.29) is 22.8 Å². The van der Waals surface area contributed by atoms with Gasteiger partial charge in [-0.2, -0.15) is 0 Å². The van der Waals surface area contributed by atoms with Crippen molar-refractivity contribution in [2.75, 3.05) is 23.8 Å². The Morgan fingerprint density at radius 2 is 2.00 bits per heavy atom. The number of carboxylic acid groups (broad SMARTS) is 1. The van der Waals surface area contributed by atoms with E-state index in [1.807, 2.05) is 0 Å². The molecule has 0 radical (unpaired) electrons. The van der Waals surface area contributed by atoms with Gasteiger partial charge in [0.15, 0.2) is 0 Å². The molecule has 0 aromatic heterocycles. The molecule has 1 aromatic carbocycles. The maximum absolute atomic E-state index is 12.5. The molecule has 108 valence electrons. The first-order chi connectivity index (χ1) is 9.23. The lowest BCUT2D eigenvalue weighted by Crippen LogP contribution is -2.44. The Bertz CT molecular complexity index is 575. The number of anilines is 2. The maximum atomic E-state index is 12.5. The van der Waals surface area contributed by atoms with Crippen LogP contribution >= 0.6 is 0 Å². The number of carboxylic acids is 1. The van der Waals surface area contributed by atoms with Gasteiger partial charge in [-0.25, -0.2) is 4.79 Å². The number of nitrogens with two attached hydrogens (primary N) is 1. The van der Waals surface area contributed by atoms with Crippen molar-refractivity contribution < 1.29 is 19.4 Å². The van der Waals surface area contributed by atoms with Crippen molar-refractivity contribution in [2.45, 2.75) is 20.8 Å². The summed E-state index contributed by atoms with van der Waals surface area (Å²) in [6.07, 6.45) is 0. The van der Waals surface area contributed by atoms with Crippen LogP contribution in [0.2, 0.25) is 0 Å². The van der Waals surface area contributed by atoms with E-state index < -0.39 is 11.4 Å².